The number of nitrogens with one attached hydrogen (secondary N) is 1. The van der Waals surface area contributed by atoms with E-state index in [4.69, 9.17) is 23.2 Å². The zero-order valence-electron chi connectivity index (χ0n) is 13.5. The van der Waals surface area contributed by atoms with Crippen LogP contribution in [0.1, 0.15) is 12.8 Å². The monoisotopic (exact) mass is 416 g/mol. The highest BCUT2D eigenvalue weighted by atomic mass is 35.5. The SMILES string of the molecule is O=C(Nc1ccc(Cl)c(Cl)c1)[C@H]1CCCN1S(=O)(=O)c1ccc(F)cc1. The summed E-state index contributed by atoms with van der Waals surface area (Å²) in [4.78, 5) is 12.6. The summed E-state index contributed by atoms with van der Waals surface area (Å²) in [6, 6.07) is 8.31. The van der Waals surface area contributed by atoms with Crippen molar-refractivity contribution in [1.82, 2.24) is 4.31 Å². The number of nitrogens with zero attached hydrogens (tertiary/aromatic N) is 1. The number of hydrogen-bond acceptors (Lipinski definition) is 3. The molecule has 2 aromatic carbocycles. The second-order valence-corrected chi connectivity index (χ2v) is 8.55. The second-order valence-electron chi connectivity index (χ2n) is 5.85. The molecule has 0 unspecified atom stereocenters. The number of amides is 1. The number of hydrogen-bond donors (Lipinski definition) is 1. The maximum atomic E-state index is 13.1. The van der Waals surface area contributed by atoms with Crippen LogP contribution in [0.5, 0.6) is 0 Å². The average molecular weight is 417 g/mol. The fourth-order valence-electron chi connectivity index (χ4n) is 2.83. The molecule has 9 heteroatoms. The highest BCUT2D eigenvalue weighted by molar-refractivity contribution is 7.89. The van der Waals surface area contributed by atoms with Crippen molar-refractivity contribution in [3.8, 4) is 0 Å². The third-order valence-corrected chi connectivity index (χ3v) is 6.78. The van der Waals surface area contributed by atoms with Crippen molar-refractivity contribution in [2.75, 3.05) is 11.9 Å². The molecule has 1 saturated heterocycles. The Bertz CT molecular complexity index is 936. The van der Waals surface area contributed by atoms with E-state index in [1.54, 1.807) is 12.1 Å². The van der Waals surface area contributed by atoms with Gasteiger partial charge in [0.2, 0.25) is 15.9 Å². The van der Waals surface area contributed by atoms with Gasteiger partial charge in [-0.1, -0.05) is 23.2 Å². The van der Waals surface area contributed by atoms with Crippen molar-refractivity contribution in [2.24, 2.45) is 0 Å². The lowest BCUT2D eigenvalue weighted by atomic mass is 10.2. The molecular weight excluding hydrogens is 402 g/mol. The van der Waals surface area contributed by atoms with Crippen LogP contribution >= 0.6 is 23.2 Å². The van der Waals surface area contributed by atoms with Gasteiger partial charge in [-0.2, -0.15) is 4.31 Å². The highest BCUT2D eigenvalue weighted by Crippen LogP contribution is 2.29. The minimum absolute atomic E-state index is 0.0480. The van der Waals surface area contributed by atoms with E-state index in [1.807, 2.05) is 0 Å². The molecule has 1 N–H and O–H groups in total. The standard InChI is InChI=1S/C17H15Cl2FN2O3S/c18-14-8-5-12(10-15(14)19)21-17(23)16-2-1-9-22(16)26(24,25)13-6-3-11(20)4-7-13/h3-8,10,16H,1-2,9H2,(H,21,23)/t16-/m1/s1. The summed E-state index contributed by atoms with van der Waals surface area (Å²) in [6.07, 6.45) is 0.952. The van der Waals surface area contributed by atoms with Crippen molar-refractivity contribution in [1.29, 1.82) is 0 Å². The molecule has 1 amide bonds. The van der Waals surface area contributed by atoms with Crippen LogP contribution in [0.25, 0.3) is 0 Å². The van der Waals surface area contributed by atoms with Crippen LogP contribution in [-0.2, 0) is 14.8 Å². The topological polar surface area (TPSA) is 66.5 Å². The molecule has 0 bridgehead atoms. The molecule has 1 heterocycles. The average Bonchev–Trinajstić information content (AvgIpc) is 3.09. The Balaban J connectivity index is 1.81. The summed E-state index contributed by atoms with van der Waals surface area (Å²) in [7, 11) is -3.90. The maximum Gasteiger partial charge on any atom is 0.243 e. The molecule has 0 aliphatic carbocycles. The van der Waals surface area contributed by atoms with Crippen molar-refractivity contribution in [3.63, 3.8) is 0 Å². The van der Waals surface area contributed by atoms with E-state index in [2.05, 4.69) is 5.32 Å². The van der Waals surface area contributed by atoms with Gasteiger partial charge in [-0.3, -0.25) is 4.79 Å². The zero-order chi connectivity index (χ0) is 18.9. The van der Waals surface area contributed by atoms with Gasteiger partial charge in [-0.25, -0.2) is 12.8 Å². The van der Waals surface area contributed by atoms with Crippen LogP contribution in [0.15, 0.2) is 47.4 Å². The molecule has 0 aromatic heterocycles. The van der Waals surface area contributed by atoms with Crippen LogP contribution in [-0.4, -0.2) is 31.2 Å². The molecule has 3 rings (SSSR count). The van der Waals surface area contributed by atoms with E-state index in [9.17, 15) is 17.6 Å². The largest absolute Gasteiger partial charge is 0.325 e. The first-order chi connectivity index (χ1) is 12.3. The summed E-state index contributed by atoms with van der Waals surface area (Å²) < 4.78 is 39.8. The molecule has 1 fully saturated rings. The van der Waals surface area contributed by atoms with E-state index >= 15 is 0 Å². The maximum absolute atomic E-state index is 13.1. The summed E-state index contributed by atoms with van der Waals surface area (Å²) in [5.41, 5.74) is 0.426. The molecule has 0 radical (unpaired) electrons. The number of sulfonamides is 1. The minimum Gasteiger partial charge on any atom is -0.325 e. The quantitative estimate of drug-likeness (QED) is 0.820. The van der Waals surface area contributed by atoms with Crippen LogP contribution < -0.4 is 5.32 Å². The molecular formula is C17H15Cl2FN2O3S. The van der Waals surface area contributed by atoms with Gasteiger partial charge < -0.3 is 5.32 Å². The van der Waals surface area contributed by atoms with Gasteiger partial charge in [0, 0.05) is 12.2 Å². The Kier molecular flexibility index (Phi) is 5.53. The zero-order valence-corrected chi connectivity index (χ0v) is 15.8. The van der Waals surface area contributed by atoms with Gasteiger partial charge >= 0.3 is 0 Å². The Morgan fingerprint density at radius 1 is 1.12 bits per heavy atom. The Morgan fingerprint density at radius 2 is 1.81 bits per heavy atom. The number of carbonyl (C=O) groups is 1. The minimum atomic E-state index is -3.90. The Hall–Kier alpha value is -1.67. The van der Waals surface area contributed by atoms with Gasteiger partial charge in [0.1, 0.15) is 11.9 Å². The molecule has 1 aliphatic rings. The fourth-order valence-corrected chi connectivity index (χ4v) is 4.79. The number of halogens is 3. The van der Waals surface area contributed by atoms with Gasteiger partial charge in [0.15, 0.2) is 0 Å². The third kappa shape index (κ3) is 3.86. The predicted octanol–water partition coefficient (Wildman–Crippen LogP) is 3.92. The number of anilines is 1. The molecule has 2 aromatic rings. The highest BCUT2D eigenvalue weighted by Gasteiger charge is 2.39. The third-order valence-electron chi connectivity index (χ3n) is 4.11. The smallest absolute Gasteiger partial charge is 0.243 e. The first-order valence-electron chi connectivity index (χ1n) is 7.82. The lowest BCUT2D eigenvalue weighted by Gasteiger charge is -2.23. The number of rotatable bonds is 4. The normalized spacial score (nSPS) is 18.0. The van der Waals surface area contributed by atoms with E-state index in [0.717, 1.165) is 16.4 Å². The number of carbonyl (C=O) groups excluding carboxylic acids is 1. The van der Waals surface area contributed by atoms with Crippen molar-refractivity contribution < 1.29 is 17.6 Å². The predicted molar refractivity (Wildman–Crippen MR) is 98.4 cm³/mol. The first-order valence-corrected chi connectivity index (χ1v) is 10.0. The molecule has 138 valence electrons. The van der Waals surface area contributed by atoms with E-state index in [1.165, 1.54) is 18.2 Å². The van der Waals surface area contributed by atoms with Crippen LogP contribution in [0.2, 0.25) is 10.0 Å². The second kappa shape index (κ2) is 7.52. The molecule has 0 spiro atoms. The lowest BCUT2D eigenvalue weighted by Crippen LogP contribution is -2.43. The van der Waals surface area contributed by atoms with E-state index in [0.29, 0.717) is 23.6 Å². The fraction of sp³-hybridized carbons (Fsp3) is 0.235. The Morgan fingerprint density at radius 3 is 2.46 bits per heavy atom. The molecule has 1 aliphatic heterocycles. The lowest BCUT2D eigenvalue weighted by molar-refractivity contribution is -0.119. The molecule has 26 heavy (non-hydrogen) atoms. The van der Waals surface area contributed by atoms with Crippen molar-refractivity contribution >= 4 is 44.8 Å². The van der Waals surface area contributed by atoms with E-state index in [-0.39, 0.29) is 16.5 Å². The number of benzene rings is 2. The summed E-state index contributed by atoms with van der Waals surface area (Å²) in [5.74, 6) is -0.981. The van der Waals surface area contributed by atoms with Gasteiger partial charge in [-0.05, 0) is 55.3 Å². The molecule has 0 saturated carbocycles. The van der Waals surface area contributed by atoms with Gasteiger partial charge in [-0.15, -0.1) is 0 Å². The van der Waals surface area contributed by atoms with Gasteiger partial charge in [0.05, 0.1) is 14.9 Å². The molecule has 1 atom stereocenters. The Labute approximate surface area is 160 Å². The first kappa shape index (κ1) is 19.1. The summed E-state index contributed by atoms with van der Waals surface area (Å²) in [5, 5.41) is 3.30. The van der Waals surface area contributed by atoms with Crippen LogP contribution in [0, 0.1) is 5.82 Å². The van der Waals surface area contributed by atoms with Gasteiger partial charge in [0.25, 0.3) is 0 Å². The van der Waals surface area contributed by atoms with Crippen molar-refractivity contribution in [2.45, 2.75) is 23.8 Å². The molecule has 5 nitrogen and oxygen atoms in total. The summed E-state index contributed by atoms with van der Waals surface area (Å²) in [6.45, 7) is 0.221. The summed E-state index contributed by atoms with van der Waals surface area (Å²) >= 11 is 11.8. The van der Waals surface area contributed by atoms with Crippen LogP contribution in [0.3, 0.4) is 0 Å². The van der Waals surface area contributed by atoms with Crippen molar-refractivity contribution in [3.05, 3.63) is 58.3 Å². The van der Waals surface area contributed by atoms with Crippen LogP contribution in [0.4, 0.5) is 10.1 Å². The van der Waals surface area contributed by atoms with E-state index < -0.39 is 27.8 Å².